The second-order valence-electron chi connectivity index (χ2n) is 6.53. The Bertz CT molecular complexity index is 407. The molecule has 0 radical (unpaired) electrons. The van der Waals surface area contributed by atoms with Crippen LogP contribution in [0.5, 0.6) is 0 Å². The fourth-order valence-electron chi connectivity index (χ4n) is 1.96. The lowest BCUT2D eigenvalue weighted by Crippen LogP contribution is -2.25. The van der Waals surface area contributed by atoms with Gasteiger partial charge in [-0.1, -0.05) is 33.9 Å². The van der Waals surface area contributed by atoms with E-state index in [9.17, 15) is 9.59 Å². The smallest absolute Gasteiger partial charge is 0.333 e. The van der Waals surface area contributed by atoms with Gasteiger partial charge in [-0.25, -0.2) is 9.59 Å². The molecule has 0 rings (SSSR count). The first-order valence-electron chi connectivity index (χ1n) is 7.20. The molecule has 4 heteroatoms. The second kappa shape index (κ2) is 8.65. The molecule has 0 aromatic carbocycles. The van der Waals surface area contributed by atoms with Crippen LogP contribution in [0.15, 0.2) is 24.3 Å². The molecule has 0 saturated carbocycles. The van der Waals surface area contributed by atoms with Crippen LogP contribution in [0, 0.1) is 11.3 Å². The summed E-state index contributed by atoms with van der Waals surface area (Å²) in [6, 6.07) is 0. The van der Waals surface area contributed by atoms with E-state index >= 15 is 0 Å². The molecule has 4 nitrogen and oxygen atoms in total. The van der Waals surface area contributed by atoms with Crippen molar-refractivity contribution in [2.45, 2.75) is 47.5 Å². The molecular weight excluding hydrogens is 268 g/mol. The van der Waals surface area contributed by atoms with E-state index in [0.717, 1.165) is 12.8 Å². The molecule has 1 atom stereocenters. The highest BCUT2D eigenvalue weighted by atomic mass is 16.5. The molecule has 0 heterocycles. The van der Waals surface area contributed by atoms with Crippen molar-refractivity contribution in [2.75, 3.05) is 13.2 Å². The van der Waals surface area contributed by atoms with Crippen molar-refractivity contribution in [3.63, 3.8) is 0 Å². The molecule has 0 N–H and O–H groups in total. The van der Waals surface area contributed by atoms with E-state index in [0.29, 0.717) is 30.3 Å². The molecule has 0 saturated heterocycles. The van der Waals surface area contributed by atoms with Crippen molar-refractivity contribution in [1.82, 2.24) is 0 Å². The molecule has 0 bridgehead atoms. The van der Waals surface area contributed by atoms with Gasteiger partial charge < -0.3 is 9.47 Å². The predicted octanol–water partition coefficient (Wildman–Crippen LogP) is 3.67. The van der Waals surface area contributed by atoms with Crippen LogP contribution in [0.3, 0.4) is 0 Å². The van der Waals surface area contributed by atoms with Crippen molar-refractivity contribution >= 4 is 11.9 Å². The van der Waals surface area contributed by atoms with Gasteiger partial charge in [-0.3, -0.25) is 0 Å². The standard InChI is InChI=1S/C17H28O4/c1-12(2)15(18)20-9-8-14(5)10-17(6,7)11-21-16(19)13(3)4/h14H,1,3,8-11H2,2,4-7H3. The summed E-state index contributed by atoms with van der Waals surface area (Å²) >= 11 is 0. The van der Waals surface area contributed by atoms with Crippen LogP contribution >= 0.6 is 0 Å². The summed E-state index contributed by atoms with van der Waals surface area (Å²) < 4.78 is 10.3. The minimum atomic E-state index is -0.355. The summed E-state index contributed by atoms with van der Waals surface area (Å²) in [7, 11) is 0. The van der Waals surface area contributed by atoms with Crippen LogP contribution in [0.2, 0.25) is 0 Å². The largest absolute Gasteiger partial charge is 0.462 e. The van der Waals surface area contributed by atoms with Gasteiger partial charge in [0, 0.05) is 11.1 Å². The highest BCUT2D eigenvalue weighted by molar-refractivity contribution is 5.87. The van der Waals surface area contributed by atoms with Crippen LogP contribution in [0.1, 0.15) is 47.5 Å². The van der Waals surface area contributed by atoms with Crippen LogP contribution in [0.25, 0.3) is 0 Å². The number of hydrogen-bond acceptors (Lipinski definition) is 4. The molecular formula is C17H28O4. The minimum absolute atomic E-state index is 0.122. The van der Waals surface area contributed by atoms with Gasteiger partial charge in [0.25, 0.3) is 0 Å². The van der Waals surface area contributed by atoms with Gasteiger partial charge in [0.05, 0.1) is 13.2 Å². The monoisotopic (exact) mass is 296 g/mol. The normalized spacial score (nSPS) is 12.4. The zero-order chi connectivity index (χ0) is 16.6. The average molecular weight is 296 g/mol. The quantitative estimate of drug-likeness (QED) is 0.481. The molecule has 1 unspecified atom stereocenters. The zero-order valence-corrected chi connectivity index (χ0v) is 14.0. The number of esters is 2. The Morgan fingerprint density at radius 1 is 1.05 bits per heavy atom. The third-order valence-electron chi connectivity index (χ3n) is 3.04. The third kappa shape index (κ3) is 9.05. The maximum atomic E-state index is 11.4. The van der Waals surface area contributed by atoms with Gasteiger partial charge in [-0.2, -0.15) is 0 Å². The van der Waals surface area contributed by atoms with Gasteiger partial charge >= 0.3 is 11.9 Å². The van der Waals surface area contributed by atoms with E-state index in [-0.39, 0.29) is 17.4 Å². The Hall–Kier alpha value is -1.58. The third-order valence-corrected chi connectivity index (χ3v) is 3.04. The average Bonchev–Trinajstić information content (AvgIpc) is 2.34. The number of rotatable bonds is 9. The Labute approximate surface area is 128 Å². The van der Waals surface area contributed by atoms with Crippen LogP contribution in [-0.2, 0) is 19.1 Å². The first kappa shape index (κ1) is 19.4. The number of carbonyl (C=O) groups is 2. The summed E-state index contributed by atoms with van der Waals surface area (Å²) in [6.07, 6.45) is 1.65. The van der Waals surface area contributed by atoms with Gasteiger partial charge in [-0.05, 0) is 38.0 Å². The van der Waals surface area contributed by atoms with Crippen LogP contribution in [-0.4, -0.2) is 25.2 Å². The molecule has 0 aliphatic carbocycles. The van der Waals surface area contributed by atoms with E-state index < -0.39 is 0 Å². The van der Waals surface area contributed by atoms with Crippen molar-refractivity contribution in [3.05, 3.63) is 24.3 Å². The first-order valence-corrected chi connectivity index (χ1v) is 7.20. The van der Waals surface area contributed by atoms with Crippen LogP contribution in [0.4, 0.5) is 0 Å². The maximum Gasteiger partial charge on any atom is 0.333 e. The molecule has 0 amide bonds. The Kier molecular flexibility index (Phi) is 8.00. The highest BCUT2D eigenvalue weighted by Crippen LogP contribution is 2.27. The highest BCUT2D eigenvalue weighted by Gasteiger charge is 2.23. The summed E-state index contributed by atoms with van der Waals surface area (Å²) in [5, 5.41) is 0. The van der Waals surface area contributed by atoms with Gasteiger partial charge in [0.2, 0.25) is 0 Å². The topological polar surface area (TPSA) is 52.6 Å². The lowest BCUT2D eigenvalue weighted by atomic mass is 9.83. The van der Waals surface area contributed by atoms with E-state index in [1.165, 1.54) is 0 Å². The molecule has 0 aromatic heterocycles. The fraction of sp³-hybridized carbons (Fsp3) is 0.647. The van der Waals surface area contributed by atoms with E-state index in [1.54, 1.807) is 13.8 Å². The van der Waals surface area contributed by atoms with Crippen molar-refractivity contribution in [3.8, 4) is 0 Å². The number of hydrogen-bond donors (Lipinski definition) is 0. The molecule has 120 valence electrons. The van der Waals surface area contributed by atoms with Crippen molar-refractivity contribution in [2.24, 2.45) is 11.3 Å². The second-order valence-corrected chi connectivity index (χ2v) is 6.53. The summed E-state index contributed by atoms with van der Waals surface area (Å²) in [6.45, 7) is 17.3. The maximum absolute atomic E-state index is 11.4. The van der Waals surface area contributed by atoms with Crippen LogP contribution < -0.4 is 0 Å². The SMILES string of the molecule is C=C(C)C(=O)OCCC(C)CC(C)(C)COC(=O)C(=C)C. The Morgan fingerprint density at radius 2 is 1.52 bits per heavy atom. The lowest BCUT2D eigenvalue weighted by Gasteiger charge is -2.27. The molecule has 0 aliphatic rings. The number of ether oxygens (including phenoxy) is 2. The first-order chi connectivity index (χ1) is 9.55. The van der Waals surface area contributed by atoms with Crippen molar-refractivity contribution < 1.29 is 19.1 Å². The van der Waals surface area contributed by atoms with E-state index in [4.69, 9.17) is 9.47 Å². The zero-order valence-electron chi connectivity index (χ0n) is 14.0. The summed E-state index contributed by atoms with van der Waals surface area (Å²) in [5.74, 6) is -0.343. The molecule has 0 aliphatic heterocycles. The van der Waals surface area contributed by atoms with Crippen molar-refractivity contribution in [1.29, 1.82) is 0 Å². The summed E-state index contributed by atoms with van der Waals surface area (Å²) in [4.78, 5) is 22.7. The predicted molar refractivity (Wildman–Crippen MR) is 83.7 cm³/mol. The lowest BCUT2D eigenvalue weighted by molar-refractivity contribution is -0.143. The molecule has 0 spiro atoms. The summed E-state index contributed by atoms with van der Waals surface area (Å²) in [5.41, 5.74) is 0.698. The number of carbonyl (C=O) groups excluding carboxylic acids is 2. The fourth-order valence-corrected chi connectivity index (χ4v) is 1.96. The molecule has 0 aromatic rings. The molecule has 21 heavy (non-hydrogen) atoms. The Morgan fingerprint density at radius 3 is 2.00 bits per heavy atom. The van der Waals surface area contributed by atoms with E-state index in [2.05, 4.69) is 33.9 Å². The van der Waals surface area contributed by atoms with Gasteiger partial charge in [0.15, 0.2) is 0 Å². The minimum Gasteiger partial charge on any atom is -0.462 e. The molecule has 0 fully saturated rings. The van der Waals surface area contributed by atoms with Gasteiger partial charge in [0.1, 0.15) is 0 Å². The Balaban J connectivity index is 4.08. The van der Waals surface area contributed by atoms with Gasteiger partial charge in [-0.15, -0.1) is 0 Å². The van der Waals surface area contributed by atoms with E-state index in [1.807, 2.05) is 0 Å².